The maximum atomic E-state index is 5.70. The van der Waals surface area contributed by atoms with Gasteiger partial charge in [-0.1, -0.05) is 6.92 Å². The molecule has 6 nitrogen and oxygen atoms in total. The molecule has 2 aliphatic rings. The van der Waals surface area contributed by atoms with Gasteiger partial charge in [0.2, 0.25) is 0 Å². The Bertz CT molecular complexity index is 539. The molecule has 2 atom stereocenters. The zero-order valence-electron chi connectivity index (χ0n) is 16.8. The minimum atomic E-state index is 0. The number of nitrogens with one attached hydrogen (secondary N) is 2. The van der Waals surface area contributed by atoms with Crippen molar-refractivity contribution in [3.63, 3.8) is 0 Å². The molecule has 1 aromatic heterocycles. The quantitative estimate of drug-likeness (QED) is 0.334. The summed E-state index contributed by atoms with van der Waals surface area (Å²) in [5.41, 5.74) is 0. The van der Waals surface area contributed by atoms with Gasteiger partial charge in [-0.2, -0.15) is 0 Å². The largest absolute Gasteiger partial charge is 0.468 e. The molecule has 2 N–H and O–H groups in total. The van der Waals surface area contributed by atoms with Gasteiger partial charge in [0.25, 0.3) is 0 Å². The molecule has 3 heterocycles. The average Bonchev–Trinajstić information content (AvgIpc) is 3.41. The lowest BCUT2D eigenvalue weighted by Gasteiger charge is -2.27. The molecule has 2 unspecified atom stereocenters. The minimum absolute atomic E-state index is 0. The number of furan rings is 1. The van der Waals surface area contributed by atoms with Crippen molar-refractivity contribution in [3.05, 3.63) is 24.2 Å². The van der Waals surface area contributed by atoms with Crippen LogP contribution in [0.1, 0.15) is 44.4 Å². The summed E-state index contributed by atoms with van der Waals surface area (Å²) >= 11 is 0. The summed E-state index contributed by atoms with van der Waals surface area (Å²) in [5, 5.41) is 7.00. The van der Waals surface area contributed by atoms with Gasteiger partial charge < -0.3 is 20.0 Å². The zero-order chi connectivity index (χ0) is 18.2. The Hall–Kier alpha value is -0.800. The fourth-order valence-corrected chi connectivity index (χ4v) is 4.10. The highest BCUT2D eigenvalue weighted by Gasteiger charge is 2.25. The number of rotatable bonds is 8. The topological polar surface area (TPSA) is 56.0 Å². The van der Waals surface area contributed by atoms with Gasteiger partial charge in [-0.25, -0.2) is 0 Å². The average molecular weight is 489 g/mol. The Kier molecular flexibility index (Phi) is 9.92. The number of aliphatic imine (C=N–C) groups is 1. The normalized spacial score (nSPS) is 21.0. The van der Waals surface area contributed by atoms with Crippen molar-refractivity contribution in [1.82, 2.24) is 20.4 Å². The van der Waals surface area contributed by atoms with E-state index in [9.17, 15) is 0 Å². The van der Waals surface area contributed by atoms with Gasteiger partial charge in [-0.3, -0.25) is 9.89 Å². The van der Waals surface area contributed by atoms with Gasteiger partial charge in [0.05, 0.1) is 12.3 Å². The van der Waals surface area contributed by atoms with Crippen molar-refractivity contribution in [2.24, 2.45) is 10.9 Å². The van der Waals surface area contributed by atoms with E-state index in [4.69, 9.17) is 4.42 Å². The lowest BCUT2D eigenvalue weighted by molar-refractivity contribution is 0.215. The molecule has 1 aromatic rings. The van der Waals surface area contributed by atoms with Crippen LogP contribution in [0.15, 0.2) is 27.8 Å². The fourth-order valence-electron chi connectivity index (χ4n) is 4.10. The van der Waals surface area contributed by atoms with Crippen molar-refractivity contribution in [3.8, 4) is 0 Å². The summed E-state index contributed by atoms with van der Waals surface area (Å²) in [6.07, 6.45) is 7.03. The summed E-state index contributed by atoms with van der Waals surface area (Å²) in [7, 11) is 1.85. The maximum Gasteiger partial charge on any atom is 0.191 e. The highest BCUT2D eigenvalue weighted by atomic mass is 127. The van der Waals surface area contributed by atoms with E-state index in [0.29, 0.717) is 5.92 Å². The molecule has 0 aromatic carbocycles. The fraction of sp³-hybridized carbons (Fsp3) is 0.750. The molecule has 154 valence electrons. The second-order valence-electron chi connectivity index (χ2n) is 7.72. The predicted molar refractivity (Wildman–Crippen MR) is 122 cm³/mol. The van der Waals surface area contributed by atoms with Gasteiger partial charge in [-0.05, 0) is 69.9 Å². The number of likely N-dealkylation sites (tertiary alicyclic amines) is 2. The van der Waals surface area contributed by atoms with Crippen LogP contribution in [0.3, 0.4) is 0 Å². The van der Waals surface area contributed by atoms with E-state index >= 15 is 0 Å². The van der Waals surface area contributed by atoms with E-state index in [2.05, 4.69) is 38.4 Å². The second kappa shape index (κ2) is 11.9. The number of hydrogen-bond donors (Lipinski definition) is 2. The van der Waals surface area contributed by atoms with E-state index in [0.717, 1.165) is 37.9 Å². The highest BCUT2D eigenvalue weighted by Crippen LogP contribution is 2.24. The van der Waals surface area contributed by atoms with Crippen LogP contribution in [0, 0.1) is 5.92 Å². The molecule has 3 rings (SSSR count). The maximum absolute atomic E-state index is 5.70. The smallest absolute Gasteiger partial charge is 0.191 e. The Morgan fingerprint density at radius 2 is 1.78 bits per heavy atom. The van der Waals surface area contributed by atoms with Crippen LogP contribution in [-0.2, 0) is 0 Å². The molecule has 0 saturated carbocycles. The van der Waals surface area contributed by atoms with Crippen LogP contribution >= 0.6 is 24.0 Å². The number of nitrogens with zero attached hydrogens (tertiary/aromatic N) is 3. The van der Waals surface area contributed by atoms with Gasteiger partial charge in [-0.15, -0.1) is 24.0 Å². The van der Waals surface area contributed by atoms with Crippen LogP contribution in [0.2, 0.25) is 0 Å². The van der Waals surface area contributed by atoms with Gasteiger partial charge in [0.1, 0.15) is 5.76 Å². The van der Waals surface area contributed by atoms with Crippen molar-refractivity contribution in [1.29, 1.82) is 0 Å². The van der Waals surface area contributed by atoms with E-state index in [1.54, 1.807) is 6.26 Å². The third-order valence-electron chi connectivity index (χ3n) is 5.53. The first kappa shape index (κ1) is 22.5. The Morgan fingerprint density at radius 3 is 2.41 bits per heavy atom. The molecule has 7 heteroatoms. The molecular weight excluding hydrogens is 453 g/mol. The van der Waals surface area contributed by atoms with E-state index in [-0.39, 0.29) is 30.0 Å². The molecule has 2 fully saturated rings. The molecule has 0 radical (unpaired) electrons. The molecule has 0 spiro atoms. The zero-order valence-corrected chi connectivity index (χ0v) is 19.2. The van der Waals surface area contributed by atoms with Crippen LogP contribution in [0.5, 0.6) is 0 Å². The lowest BCUT2D eigenvalue weighted by atomic mass is 10.1. The van der Waals surface area contributed by atoms with Crippen LogP contribution < -0.4 is 10.6 Å². The molecule has 2 saturated heterocycles. The molecular formula is C20H36IN5O. The SMILES string of the molecule is CN=C(NCC(C)CN1CCCC1)NCC(c1ccco1)N1CCCC1.I. The Balaban J connectivity index is 0.00000261. The molecule has 0 amide bonds. The van der Waals surface area contributed by atoms with Crippen LogP contribution in [-0.4, -0.2) is 68.6 Å². The van der Waals surface area contributed by atoms with Crippen LogP contribution in [0.4, 0.5) is 0 Å². The Morgan fingerprint density at radius 1 is 1.11 bits per heavy atom. The van der Waals surface area contributed by atoms with E-state index in [1.807, 2.05) is 13.1 Å². The standard InChI is InChI=1S/C20H35N5O.HI/c1-17(16-24-9-3-4-10-24)14-22-20(21-2)23-15-18(19-8-7-13-26-19)25-11-5-6-12-25;/h7-8,13,17-18H,3-6,9-12,14-16H2,1-2H3,(H2,21,22,23);1H. The van der Waals surface area contributed by atoms with Gasteiger partial charge in [0.15, 0.2) is 5.96 Å². The second-order valence-corrected chi connectivity index (χ2v) is 7.72. The molecule has 0 aliphatic carbocycles. The van der Waals surface area contributed by atoms with E-state index in [1.165, 1.54) is 45.3 Å². The summed E-state index contributed by atoms with van der Waals surface area (Å²) in [5.74, 6) is 2.54. The highest BCUT2D eigenvalue weighted by molar-refractivity contribution is 14.0. The Labute approximate surface area is 181 Å². The summed E-state index contributed by atoms with van der Waals surface area (Å²) in [4.78, 5) is 9.48. The van der Waals surface area contributed by atoms with Gasteiger partial charge >= 0.3 is 0 Å². The lowest BCUT2D eigenvalue weighted by Crippen LogP contribution is -2.44. The molecule has 0 bridgehead atoms. The van der Waals surface area contributed by atoms with Crippen molar-refractivity contribution in [2.45, 2.75) is 38.6 Å². The monoisotopic (exact) mass is 489 g/mol. The first-order valence-electron chi connectivity index (χ1n) is 10.2. The number of halogens is 1. The molecule has 27 heavy (non-hydrogen) atoms. The van der Waals surface area contributed by atoms with Gasteiger partial charge in [0, 0.05) is 26.7 Å². The minimum Gasteiger partial charge on any atom is -0.468 e. The summed E-state index contributed by atoms with van der Waals surface area (Å²) < 4.78 is 5.70. The van der Waals surface area contributed by atoms with Crippen LogP contribution in [0.25, 0.3) is 0 Å². The van der Waals surface area contributed by atoms with E-state index < -0.39 is 0 Å². The number of hydrogen-bond acceptors (Lipinski definition) is 4. The third-order valence-corrected chi connectivity index (χ3v) is 5.53. The van der Waals surface area contributed by atoms with Crippen molar-refractivity contribution in [2.75, 3.05) is 52.9 Å². The number of guanidine groups is 1. The predicted octanol–water partition coefficient (Wildman–Crippen LogP) is 2.93. The van der Waals surface area contributed by atoms with Crippen molar-refractivity contribution >= 4 is 29.9 Å². The molecule has 2 aliphatic heterocycles. The first-order chi connectivity index (χ1) is 12.8. The summed E-state index contributed by atoms with van der Waals surface area (Å²) in [6, 6.07) is 4.33. The first-order valence-corrected chi connectivity index (χ1v) is 10.2. The summed E-state index contributed by atoms with van der Waals surface area (Å²) in [6.45, 7) is 10.1. The van der Waals surface area contributed by atoms with Crippen molar-refractivity contribution < 1.29 is 4.42 Å². The third kappa shape index (κ3) is 6.94.